The number of benzene rings is 2. The standard InChI is InChI=1S/C19H14Cl2N4O/c20-14-7-5-13(6-8-14)16-17-18(26-25-16)19(24-11-23-17)22-10-9-12-3-1-2-4-15(12)21/h1-8,11H,9-10H2,(H,22,23,24). The molecule has 5 nitrogen and oxygen atoms in total. The maximum Gasteiger partial charge on any atom is 0.228 e. The molecule has 0 aliphatic carbocycles. The number of anilines is 1. The molecule has 0 atom stereocenters. The first-order valence-electron chi connectivity index (χ1n) is 8.06. The van der Waals surface area contributed by atoms with E-state index in [1.807, 2.05) is 36.4 Å². The second kappa shape index (κ2) is 7.32. The lowest BCUT2D eigenvalue weighted by Gasteiger charge is -2.06. The number of hydrogen-bond donors (Lipinski definition) is 1. The highest BCUT2D eigenvalue weighted by atomic mass is 35.5. The lowest BCUT2D eigenvalue weighted by atomic mass is 10.1. The van der Waals surface area contributed by atoms with Gasteiger partial charge in [0.1, 0.15) is 17.5 Å². The van der Waals surface area contributed by atoms with Crippen molar-refractivity contribution in [1.29, 1.82) is 0 Å². The molecule has 0 saturated heterocycles. The van der Waals surface area contributed by atoms with E-state index in [2.05, 4.69) is 20.4 Å². The summed E-state index contributed by atoms with van der Waals surface area (Å²) >= 11 is 12.1. The Hall–Kier alpha value is -2.63. The summed E-state index contributed by atoms with van der Waals surface area (Å²) in [6.07, 6.45) is 2.26. The van der Waals surface area contributed by atoms with E-state index in [1.54, 1.807) is 12.1 Å². The second-order valence-electron chi connectivity index (χ2n) is 5.71. The van der Waals surface area contributed by atoms with Crippen molar-refractivity contribution < 1.29 is 4.52 Å². The van der Waals surface area contributed by atoms with E-state index in [1.165, 1.54) is 6.33 Å². The molecule has 26 heavy (non-hydrogen) atoms. The minimum atomic E-state index is 0.525. The molecular formula is C19H14Cl2N4O. The van der Waals surface area contributed by atoms with Gasteiger partial charge in [-0.1, -0.05) is 58.7 Å². The van der Waals surface area contributed by atoms with E-state index >= 15 is 0 Å². The summed E-state index contributed by atoms with van der Waals surface area (Å²) in [5, 5.41) is 8.85. The van der Waals surface area contributed by atoms with Crippen LogP contribution < -0.4 is 5.32 Å². The van der Waals surface area contributed by atoms with Crippen molar-refractivity contribution in [3.05, 3.63) is 70.5 Å². The van der Waals surface area contributed by atoms with Crippen LogP contribution in [0.25, 0.3) is 22.4 Å². The summed E-state index contributed by atoms with van der Waals surface area (Å²) in [4.78, 5) is 8.59. The average Bonchev–Trinajstić information content (AvgIpc) is 3.09. The van der Waals surface area contributed by atoms with Gasteiger partial charge in [0.25, 0.3) is 0 Å². The van der Waals surface area contributed by atoms with Crippen LogP contribution >= 0.6 is 23.2 Å². The first kappa shape index (κ1) is 16.8. The molecule has 0 spiro atoms. The highest BCUT2D eigenvalue weighted by Gasteiger charge is 2.16. The number of halogens is 2. The van der Waals surface area contributed by atoms with E-state index in [4.69, 9.17) is 27.7 Å². The van der Waals surface area contributed by atoms with Gasteiger partial charge in [-0.2, -0.15) is 0 Å². The molecule has 1 N–H and O–H groups in total. The smallest absolute Gasteiger partial charge is 0.228 e. The topological polar surface area (TPSA) is 63.8 Å². The normalized spacial score (nSPS) is 11.0. The number of nitrogens with zero attached hydrogens (tertiary/aromatic N) is 3. The maximum absolute atomic E-state index is 6.19. The molecule has 2 aromatic carbocycles. The molecule has 0 bridgehead atoms. The lowest BCUT2D eigenvalue weighted by Crippen LogP contribution is -2.07. The van der Waals surface area contributed by atoms with Crippen LogP contribution in [-0.2, 0) is 6.42 Å². The predicted octanol–water partition coefficient (Wildman–Crippen LogP) is 5.25. The third-order valence-corrected chi connectivity index (χ3v) is 4.64. The van der Waals surface area contributed by atoms with E-state index in [9.17, 15) is 0 Å². The molecule has 4 rings (SSSR count). The summed E-state index contributed by atoms with van der Waals surface area (Å²) in [6, 6.07) is 15.2. The van der Waals surface area contributed by atoms with Crippen LogP contribution in [0, 0.1) is 0 Å². The Balaban J connectivity index is 1.57. The summed E-state index contributed by atoms with van der Waals surface area (Å²) in [7, 11) is 0. The summed E-state index contributed by atoms with van der Waals surface area (Å²) in [6.45, 7) is 0.660. The van der Waals surface area contributed by atoms with Crippen LogP contribution in [0.4, 0.5) is 5.82 Å². The average molecular weight is 385 g/mol. The van der Waals surface area contributed by atoms with E-state index in [-0.39, 0.29) is 0 Å². The molecule has 2 aromatic heterocycles. The zero-order chi connectivity index (χ0) is 17.9. The van der Waals surface area contributed by atoms with Gasteiger partial charge in [0.15, 0.2) is 5.82 Å². The highest BCUT2D eigenvalue weighted by Crippen LogP contribution is 2.30. The third-order valence-electron chi connectivity index (χ3n) is 4.02. The van der Waals surface area contributed by atoms with Crippen LogP contribution in [0.3, 0.4) is 0 Å². The SMILES string of the molecule is Clc1ccc(-c2noc3c(NCCc4ccccc4Cl)ncnc23)cc1. The van der Waals surface area contributed by atoms with Gasteiger partial charge in [-0.15, -0.1) is 0 Å². The van der Waals surface area contributed by atoms with Crippen molar-refractivity contribution >= 4 is 40.1 Å². The van der Waals surface area contributed by atoms with Crippen LogP contribution in [0.5, 0.6) is 0 Å². The summed E-state index contributed by atoms with van der Waals surface area (Å²) in [5.41, 5.74) is 3.80. The zero-order valence-corrected chi connectivity index (χ0v) is 15.1. The Morgan fingerprint density at radius 3 is 2.58 bits per heavy atom. The Kier molecular flexibility index (Phi) is 4.73. The Morgan fingerprint density at radius 2 is 1.77 bits per heavy atom. The minimum absolute atomic E-state index is 0.525. The number of aromatic nitrogens is 3. The molecule has 7 heteroatoms. The van der Waals surface area contributed by atoms with Crippen molar-refractivity contribution in [2.24, 2.45) is 0 Å². The maximum atomic E-state index is 6.19. The van der Waals surface area contributed by atoms with Crippen LogP contribution in [-0.4, -0.2) is 21.7 Å². The fourth-order valence-corrected chi connectivity index (χ4v) is 3.06. The van der Waals surface area contributed by atoms with Crippen molar-refractivity contribution in [3.63, 3.8) is 0 Å². The van der Waals surface area contributed by atoms with Gasteiger partial charge in [0.05, 0.1) is 0 Å². The molecule has 0 unspecified atom stereocenters. The van der Waals surface area contributed by atoms with Crippen molar-refractivity contribution in [2.75, 3.05) is 11.9 Å². The van der Waals surface area contributed by atoms with Crippen LogP contribution in [0.15, 0.2) is 59.4 Å². The predicted molar refractivity (Wildman–Crippen MR) is 104 cm³/mol. The minimum Gasteiger partial charge on any atom is -0.366 e. The van der Waals surface area contributed by atoms with Gasteiger partial charge in [0.2, 0.25) is 5.58 Å². The summed E-state index contributed by atoms with van der Waals surface area (Å²) < 4.78 is 5.49. The van der Waals surface area contributed by atoms with Gasteiger partial charge in [-0.3, -0.25) is 0 Å². The lowest BCUT2D eigenvalue weighted by molar-refractivity contribution is 0.459. The number of rotatable bonds is 5. The Morgan fingerprint density at radius 1 is 0.962 bits per heavy atom. The molecule has 0 aliphatic rings. The van der Waals surface area contributed by atoms with Gasteiger partial charge in [-0.25, -0.2) is 9.97 Å². The zero-order valence-electron chi connectivity index (χ0n) is 13.6. The number of nitrogens with one attached hydrogen (secondary N) is 1. The van der Waals surface area contributed by atoms with Crippen molar-refractivity contribution in [3.8, 4) is 11.3 Å². The highest BCUT2D eigenvalue weighted by molar-refractivity contribution is 6.31. The number of fused-ring (bicyclic) bond motifs is 1. The third kappa shape index (κ3) is 3.36. The molecule has 0 amide bonds. The number of hydrogen-bond acceptors (Lipinski definition) is 5. The van der Waals surface area contributed by atoms with E-state index in [0.717, 1.165) is 22.6 Å². The molecule has 130 valence electrons. The van der Waals surface area contributed by atoms with Crippen molar-refractivity contribution in [1.82, 2.24) is 15.1 Å². The second-order valence-corrected chi connectivity index (χ2v) is 6.55. The van der Waals surface area contributed by atoms with E-state index < -0.39 is 0 Å². The molecule has 0 saturated carbocycles. The van der Waals surface area contributed by atoms with Gasteiger partial charge in [-0.05, 0) is 30.2 Å². The molecule has 0 radical (unpaired) electrons. The quantitative estimate of drug-likeness (QED) is 0.509. The van der Waals surface area contributed by atoms with Gasteiger partial charge >= 0.3 is 0 Å². The largest absolute Gasteiger partial charge is 0.366 e. The van der Waals surface area contributed by atoms with Gasteiger partial charge < -0.3 is 9.84 Å². The Bertz CT molecular complexity index is 1050. The molecular weight excluding hydrogens is 371 g/mol. The van der Waals surface area contributed by atoms with Crippen LogP contribution in [0.1, 0.15) is 5.56 Å². The molecule has 0 fully saturated rings. The Labute approximate surface area is 160 Å². The fourth-order valence-electron chi connectivity index (χ4n) is 2.70. The van der Waals surface area contributed by atoms with Gasteiger partial charge in [0, 0.05) is 22.2 Å². The fraction of sp³-hybridized carbons (Fsp3) is 0.105. The van der Waals surface area contributed by atoms with E-state index in [0.29, 0.717) is 34.2 Å². The first-order valence-corrected chi connectivity index (χ1v) is 8.81. The van der Waals surface area contributed by atoms with Crippen LogP contribution in [0.2, 0.25) is 10.0 Å². The monoisotopic (exact) mass is 384 g/mol. The first-order chi connectivity index (χ1) is 12.7. The summed E-state index contributed by atoms with van der Waals surface area (Å²) in [5.74, 6) is 0.606. The molecule has 2 heterocycles. The van der Waals surface area contributed by atoms with Crippen molar-refractivity contribution in [2.45, 2.75) is 6.42 Å². The molecule has 4 aromatic rings. The molecule has 0 aliphatic heterocycles.